The predicted octanol–water partition coefficient (Wildman–Crippen LogP) is 5.72. The van der Waals surface area contributed by atoms with Gasteiger partial charge in [0.15, 0.2) is 5.82 Å². The van der Waals surface area contributed by atoms with Crippen LogP contribution in [-0.2, 0) is 12.7 Å². The molecule has 44 heavy (non-hydrogen) atoms. The summed E-state index contributed by atoms with van der Waals surface area (Å²) in [4.78, 5) is 23.3. The van der Waals surface area contributed by atoms with Crippen LogP contribution in [0.5, 0.6) is 6.01 Å². The van der Waals surface area contributed by atoms with E-state index in [1.165, 1.54) is 12.4 Å². The number of benzene rings is 2. The van der Waals surface area contributed by atoms with E-state index in [2.05, 4.69) is 24.9 Å². The molecule has 0 amide bonds. The topological polar surface area (TPSA) is 102 Å². The highest BCUT2D eigenvalue weighted by atomic mass is 35.5. The van der Waals surface area contributed by atoms with E-state index in [0.29, 0.717) is 45.9 Å². The molecule has 2 atom stereocenters. The summed E-state index contributed by atoms with van der Waals surface area (Å²) in [6.07, 6.45) is -1.16. The van der Waals surface area contributed by atoms with Gasteiger partial charge < -0.3 is 19.3 Å². The van der Waals surface area contributed by atoms with Crippen molar-refractivity contribution in [2.45, 2.75) is 37.7 Å². The van der Waals surface area contributed by atoms with Crippen molar-refractivity contribution >= 4 is 44.8 Å². The third-order valence-corrected chi connectivity index (χ3v) is 8.22. The summed E-state index contributed by atoms with van der Waals surface area (Å²) < 4.78 is 63.1. The van der Waals surface area contributed by atoms with Crippen molar-refractivity contribution in [3.63, 3.8) is 0 Å². The number of pyridine rings is 1. The molecule has 14 heteroatoms. The van der Waals surface area contributed by atoms with Gasteiger partial charge in [-0.25, -0.2) is 9.37 Å². The van der Waals surface area contributed by atoms with Gasteiger partial charge in [-0.3, -0.25) is 9.98 Å². The van der Waals surface area contributed by atoms with Crippen LogP contribution in [0.1, 0.15) is 19.2 Å². The van der Waals surface area contributed by atoms with Crippen molar-refractivity contribution in [3.05, 3.63) is 71.7 Å². The molecule has 3 aromatic heterocycles. The number of aromatic nitrogens is 5. The van der Waals surface area contributed by atoms with Crippen LogP contribution in [0, 0.1) is 5.82 Å². The Hall–Kier alpha value is -4.36. The maximum Gasteiger partial charge on any atom is 0.449 e. The lowest BCUT2D eigenvalue weighted by Gasteiger charge is -2.33. The SMILES string of the molecule is C[C@]12C[C@@H](O)C(=N1)CN(c1nc(OCCn3ccnc3C(F)(F)F)nc3c(F)c(-c4cccc5cccc(Cl)c45)ncc13)C2. The number of aliphatic hydroxyl groups excluding tert-OH is 1. The highest BCUT2D eigenvalue weighted by Gasteiger charge is 2.43. The molecule has 2 aromatic carbocycles. The molecular weight excluding hydrogens is 602 g/mol. The van der Waals surface area contributed by atoms with E-state index < -0.39 is 29.5 Å². The lowest BCUT2D eigenvalue weighted by atomic mass is 9.98. The van der Waals surface area contributed by atoms with Crippen LogP contribution in [0.4, 0.5) is 23.4 Å². The van der Waals surface area contributed by atoms with E-state index in [9.17, 15) is 18.3 Å². The van der Waals surface area contributed by atoms with Gasteiger partial charge in [-0.15, -0.1) is 0 Å². The number of rotatable bonds is 6. The number of hydrogen-bond acceptors (Lipinski definition) is 8. The fraction of sp³-hybridized carbons (Fsp3) is 0.300. The van der Waals surface area contributed by atoms with Crippen LogP contribution in [0.25, 0.3) is 32.9 Å². The van der Waals surface area contributed by atoms with Gasteiger partial charge in [-0.2, -0.15) is 23.1 Å². The van der Waals surface area contributed by atoms with Crippen LogP contribution in [0.15, 0.2) is 60.0 Å². The van der Waals surface area contributed by atoms with Gasteiger partial charge in [0.2, 0.25) is 5.82 Å². The summed E-state index contributed by atoms with van der Waals surface area (Å²) in [5.41, 5.74) is 0.416. The van der Waals surface area contributed by atoms with E-state index in [0.717, 1.165) is 16.2 Å². The minimum atomic E-state index is -4.63. The zero-order valence-electron chi connectivity index (χ0n) is 23.2. The second-order valence-electron chi connectivity index (χ2n) is 11.1. The summed E-state index contributed by atoms with van der Waals surface area (Å²) in [6.45, 7) is 2.10. The highest BCUT2D eigenvalue weighted by molar-refractivity contribution is 6.36. The third kappa shape index (κ3) is 4.89. The summed E-state index contributed by atoms with van der Waals surface area (Å²) in [6, 6.07) is 10.5. The summed E-state index contributed by atoms with van der Waals surface area (Å²) in [5, 5.41) is 12.7. The molecule has 0 aliphatic carbocycles. The van der Waals surface area contributed by atoms with Crippen molar-refractivity contribution in [2.24, 2.45) is 4.99 Å². The first-order valence-electron chi connectivity index (χ1n) is 13.8. The van der Waals surface area contributed by atoms with E-state index in [-0.39, 0.29) is 36.9 Å². The maximum atomic E-state index is 16.5. The lowest BCUT2D eigenvalue weighted by molar-refractivity contribution is -0.147. The quantitative estimate of drug-likeness (QED) is 0.241. The van der Waals surface area contributed by atoms with E-state index in [1.807, 2.05) is 24.0 Å². The zero-order chi connectivity index (χ0) is 30.8. The molecule has 5 aromatic rings. The van der Waals surface area contributed by atoms with Gasteiger partial charge in [-0.05, 0) is 18.4 Å². The molecular formula is C30H24ClF4N7O2. The first-order valence-corrected chi connectivity index (χ1v) is 14.2. The molecule has 0 spiro atoms. The van der Waals surface area contributed by atoms with Crippen LogP contribution < -0.4 is 9.64 Å². The smallest absolute Gasteiger partial charge is 0.449 e. The van der Waals surface area contributed by atoms with E-state index >= 15 is 4.39 Å². The summed E-state index contributed by atoms with van der Waals surface area (Å²) in [7, 11) is 0. The minimum Gasteiger partial charge on any atom is -0.461 e. The average Bonchev–Trinajstić information content (AvgIpc) is 3.54. The van der Waals surface area contributed by atoms with Gasteiger partial charge in [0, 0.05) is 47.5 Å². The second kappa shape index (κ2) is 10.4. The standard InChI is InChI=1S/C30H24ClF4N7O2/c1-29-12-21(43)20(40-29)14-42(15-29)26-18-13-37-24(17-6-2-4-16-5-3-7-19(31)22(16)17)23(32)25(18)38-28(39-26)44-11-10-41-9-8-36-27(41)30(33,34)35/h2-9,13,21,43H,10-12,14-15H2,1H3/t21-,29-/m1/s1. The Morgan fingerprint density at radius 1 is 1.14 bits per heavy atom. The fourth-order valence-electron chi connectivity index (χ4n) is 6.04. The van der Waals surface area contributed by atoms with Gasteiger partial charge in [0.05, 0.1) is 35.8 Å². The Morgan fingerprint density at radius 2 is 1.93 bits per heavy atom. The van der Waals surface area contributed by atoms with Crippen molar-refractivity contribution in [1.29, 1.82) is 0 Å². The number of fused-ring (bicyclic) bond motifs is 3. The van der Waals surface area contributed by atoms with Crippen LogP contribution in [-0.4, -0.2) is 66.7 Å². The fourth-order valence-corrected chi connectivity index (χ4v) is 6.33. The number of alkyl halides is 3. The number of halogens is 5. The minimum absolute atomic E-state index is 0.0190. The average molecular weight is 626 g/mol. The Labute approximate surface area is 252 Å². The first-order chi connectivity index (χ1) is 21.0. The Kier molecular flexibility index (Phi) is 6.70. The predicted molar refractivity (Wildman–Crippen MR) is 157 cm³/mol. The molecule has 0 radical (unpaired) electrons. The molecule has 9 nitrogen and oxygen atoms in total. The van der Waals surface area contributed by atoms with Gasteiger partial charge in [0.1, 0.15) is 23.6 Å². The number of imidazole rings is 1. The van der Waals surface area contributed by atoms with E-state index in [4.69, 9.17) is 16.3 Å². The molecule has 0 saturated carbocycles. The Balaban J connectivity index is 1.32. The molecule has 5 heterocycles. The van der Waals surface area contributed by atoms with Gasteiger partial charge in [0.25, 0.3) is 0 Å². The third-order valence-electron chi connectivity index (χ3n) is 7.90. The van der Waals surface area contributed by atoms with Gasteiger partial charge >= 0.3 is 12.2 Å². The van der Waals surface area contributed by atoms with E-state index in [1.54, 1.807) is 24.3 Å². The monoisotopic (exact) mass is 625 g/mol. The largest absolute Gasteiger partial charge is 0.461 e. The van der Waals surface area contributed by atoms with Crippen molar-refractivity contribution in [2.75, 3.05) is 24.6 Å². The second-order valence-corrected chi connectivity index (χ2v) is 11.5. The molecule has 2 aliphatic heterocycles. The molecule has 2 aliphatic rings. The molecule has 0 saturated heterocycles. The van der Waals surface area contributed by atoms with Gasteiger partial charge in [-0.1, -0.05) is 41.9 Å². The summed E-state index contributed by atoms with van der Waals surface area (Å²) in [5.74, 6) is -1.49. The molecule has 226 valence electrons. The first kappa shape index (κ1) is 28.4. The Morgan fingerprint density at radius 3 is 2.70 bits per heavy atom. The number of anilines is 1. The molecule has 0 unspecified atom stereocenters. The molecule has 0 fully saturated rings. The molecule has 2 bridgehead atoms. The normalized spacial score (nSPS) is 20.0. The Bertz CT molecular complexity index is 1960. The lowest BCUT2D eigenvalue weighted by Crippen LogP contribution is -2.43. The summed E-state index contributed by atoms with van der Waals surface area (Å²) >= 11 is 6.52. The number of aliphatic imine (C=N–C) groups is 1. The number of hydrogen-bond donors (Lipinski definition) is 1. The number of ether oxygens (including phenoxy) is 1. The highest BCUT2D eigenvalue weighted by Crippen LogP contribution is 2.39. The van der Waals surface area contributed by atoms with Crippen LogP contribution in [0.3, 0.4) is 0 Å². The van der Waals surface area contributed by atoms with Crippen molar-refractivity contribution in [1.82, 2.24) is 24.5 Å². The van der Waals surface area contributed by atoms with Crippen molar-refractivity contribution < 1.29 is 27.4 Å². The maximum absolute atomic E-state index is 16.5. The number of aliphatic hydroxyl groups is 1. The number of nitrogens with zero attached hydrogens (tertiary/aromatic N) is 7. The molecule has 7 rings (SSSR count). The zero-order valence-corrected chi connectivity index (χ0v) is 23.9. The molecule has 1 N–H and O–H groups in total. The van der Waals surface area contributed by atoms with Crippen LogP contribution in [0.2, 0.25) is 5.02 Å². The van der Waals surface area contributed by atoms with Crippen molar-refractivity contribution in [3.8, 4) is 17.3 Å². The van der Waals surface area contributed by atoms with Crippen LogP contribution >= 0.6 is 11.6 Å².